The minimum atomic E-state index is -0.553. The molecule has 1 amide bonds. The zero-order chi connectivity index (χ0) is 9.56. The second-order valence-electron chi connectivity index (χ2n) is 2.35. The number of terminal acetylenes is 1. The summed E-state index contributed by atoms with van der Waals surface area (Å²) in [4.78, 5) is 10.5. The second-order valence-corrected chi connectivity index (χ2v) is 2.76. The first kappa shape index (κ1) is 10.7. The Morgan fingerprint density at radius 3 is 2.50 bits per heavy atom. The topological polar surface area (TPSA) is 53.2 Å². The van der Waals surface area contributed by atoms with Gasteiger partial charge in [0.1, 0.15) is 0 Å². The van der Waals surface area contributed by atoms with Crippen molar-refractivity contribution in [1.29, 1.82) is 0 Å². The Morgan fingerprint density at radius 2 is 2.08 bits per heavy atom. The summed E-state index contributed by atoms with van der Waals surface area (Å²) >= 11 is 4.79. The fourth-order valence-corrected chi connectivity index (χ4v) is 0.735. The molecule has 0 aromatic rings. The Morgan fingerprint density at radius 1 is 1.50 bits per heavy atom. The van der Waals surface area contributed by atoms with Gasteiger partial charge in [0.2, 0.25) is 0 Å². The fraction of sp³-hybridized carbons (Fsp3) is 0.429. The van der Waals surface area contributed by atoms with Crippen LogP contribution in [0.15, 0.2) is 0 Å². The van der Waals surface area contributed by atoms with Crippen LogP contribution in [0.4, 0.5) is 0 Å². The first-order chi connectivity index (χ1) is 5.56. The van der Waals surface area contributed by atoms with Crippen molar-refractivity contribution >= 4 is 23.2 Å². The molecule has 5 heteroatoms. The fourth-order valence-electron chi connectivity index (χ4n) is 0.448. The predicted octanol–water partition coefficient (Wildman–Crippen LogP) is -0.477. The molecule has 0 aliphatic carbocycles. The summed E-state index contributed by atoms with van der Waals surface area (Å²) in [6, 6.07) is 0.215. The first-order valence-electron chi connectivity index (χ1n) is 3.39. The van der Waals surface area contributed by atoms with Crippen molar-refractivity contribution in [3.63, 3.8) is 0 Å². The summed E-state index contributed by atoms with van der Waals surface area (Å²) < 4.78 is 0. The van der Waals surface area contributed by atoms with Crippen LogP contribution >= 0.6 is 12.2 Å². The lowest BCUT2D eigenvalue weighted by Crippen LogP contribution is -2.48. The maximum absolute atomic E-state index is 10.5. The molecule has 0 saturated carbocycles. The minimum absolute atomic E-state index is 0.215. The third-order valence-electron chi connectivity index (χ3n) is 0.840. The lowest BCUT2D eigenvalue weighted by atomic mass is 10.4. The molecule has 0 radical (unpaired) electrons. The molecule has 0 aromatic carbocycles. The number of rotatable bonds is 1. The highest BCUT2D eigenvalue weighted by Crippen LogP contribution is 1.74. The predicted molar refractivity (Wildman–Crippen MR) is 51.0 cm³/mol. The number of hydrogen-bond acceptors (Lipinski definition) is 2. The third kappa shape index (κ3) is 5.50. The number of amides is 1. The number of carbonyl (C=O) groups excluding carboxylic acids is 1. The van der Waals surface area contributed by atoms with Crippen molar-refractivity contribution in [2.24, 2.45) is 0 Å². The zero-order valence-electron chi connectivity index (χ0n) is 6.97. The molecule has 12 heavy (non-hydrogen) atoms. The van der Waals surface area contributed by atoms with E-state index in [-0.39, 0.29) is 6.04 Å². The molecule has 4 nitrogen and oxygen atoms in total. The Labute approximate surface area is 77.1 Å². The SMILES string of the molecule is C#CC(=O)NNC(=S)NC(C)C. The molecule has 0 rings (SSSR count). The zero-order valence-corrected chi connectivity index (χ0v) is 7.79. The van der Waals surface area contributed by atoms with Crippen LogP contribution in [0.25, 0.3) is 0 Å². The lowest BCUT2D eigenvalue weighted by molar-refractivity contribution is -0.116. The Balaban J connectivity index is 3.59. The van der Waals surface area contributed by atoms with Crippen LogP contribution in [-0.4, -0.2) is 17.1 Å². The van der Waals surface area contributed by atoms with Crippen LogP contribution < -0.4 is 16.2 Å². The van der Waals surface area contributed by atoms with Gasteiger partial charge in [-0.25, -0.2) is 0 Å². The largest absolute Gasteiger partial charge is 0.359 e. The molecule has 0 atom stereocenters. The molecular formula is C7H11N3OS. The number of thiocarbonyl (C=S) groups is 1. The van der Waals surface area contributed by atoms with E-state index in [2.05, 4.69) is 16.2 Å². The van der Waals surface area contributed by atoms with E-state index in [0.717, 1.165) is 0 Å². The molecule has 0 saturated heterocycles. The molecule has 66 valence electrons. The molecule has 0 spiro atoms. The number of carbonyl (C=O) groups is 1. The van der Waals surface area contributed by atoms with Crippen LogP contribution in [0.1, 0.15) is 13.8 Å². The van der Waals surface area contributed by atoms with Gasteiger partial charge < -0.3 is 5.32 Å². The Bertz CT molecular complexity index is 219. The van der Waals surface area contributed by atoms with Crippen LogP contribution in [0.3, 0.4) is 0 Å². The van der Waals surface area contributed by atoms with Crippen molar-refractivity contribution in [1.82, 2.24) is 16.2 Å². The van der Waals surface area contributed by atoms with E-state index >= 15 is 0 Å². The van der Waals surface area contributed by atoms with E-state index < -0.39 is 5.91 Å². The van der Waals surface area contributed by atoms with Gasteiger partial charge in [0.15, 0.2) is 5.11 Å². The number of hydrogen-bond donors (Lipinski definition) is 3. The van der Waals surface area contributed by atoms with E-state index in [4.69, 9.17) is 18.6 Å². The van der Waals surface area contributed by atoms with Crippen LogP contribution in [0.5, 0.6) is 0 Å². The molecule has 0 aliphatic heterocycles. The molecule has 0 aliphatic rings. The van der Waals surface area contributed by atoms with Crippen molar-refractivity contribution < 1.29 is 4.79 Å². The normalized spacial score (nSPS) is 8.50. The van der Waals surface area contributed by atoms with Crippen molar-refractivity contribution in [3.8, 4) is 12.3 Å². The second kappa shape index (κ2) is 5.38. The van der Waals surface area contributed by atoms with Crippen molar-refractivity contribution in [2.75, 3.05) is 0 Å². The van der Waals surface area contributed by atoms with Gasteiger partial charge >= 0.3 is 5.91 Å². The molecular weight excluding hydrogens is 174 g/mol. The summed E-state index contributed by atoms with van der Waals surface area (Å²) in [7, 11) is 0. The average Bonchev–Trinajstić information content (AvgIpc) is 1.99. The molecule has 3 N–H and O–H groups in total. The van der Waals surface area contributed by atoms with E-state index in [1.165, 1.54) is 0 Å². The summed E-state index contributed by atoms with van der Waals surface area (Å²) in [6.07, 6.45) is 4.79. The van der Waals surface area contributed by atoms with Gasteiger partial charge in [-0.15, -0.1) is 6.42 Å². The summed E-state index contributed by atoms with van der Waals surface area (Å²) in [6.45, 7) is 3.86. The van der Waals surface area contributed by atoms with Gasteiger partial charge in [-0.1, -0.05) is 0 Å². The van der Waals surface area contributed by atoms with Gasteiger partial charge in [0.05, 0.1) is 0 Å². The molecule has 0 fully saturated rings. The highest BCUT2D eigenvalue weighted by atomic mass is 32.1. The highest BCUT2D eigenvalue weighted by Gasteiger charge is 1.98. The quantitative estimate of drug-likeness (QED) is 0.293. The van der Waals surface area contributed by atoms with E-state index in [9.17, 15) is 4.79 Å². The van der Waals surface area contributed by atoms with Crippen molar-refractivity contribution in [3.05, 3.63) is 0 Å². The van der Waals surface area contributed by atoms with Crippen LogP contribution in [0.2, 0.25) is 0 Å². The van der Waals surface area contributed by atoms with Crippen LogP contribution in [0, 0.1) is 12.3 Å². The number of nitrogens with one attached hydrogen (secondary N) is 3. The number of hydrazine groups is 1. The maximum Gasteiger partial charge on any atom is 0.314 e. The maximum atomic E-state index is 10.5. The molecule has 0 unspecified atom stereocenters. The Kier molecular flexibility index (Phi) is 4.81. The third-order valence-corrected chi connectivity index (χ3v) is 1.06. The average molecular weight is 185 g/mol. The van der Waals surface area contributed by atoms with E-state index in [1.807, 2.05) is 19.8 Å². The monoisotopic (exact) mass is 185 g/mol. The first-order valence-corrected chi connectivity index (χ1v) is 3.80. The summed E-state index contributed by atoms with van der Waals surface area (Å²) in [5.41, 5.74) is 4.65. The van der Waals surface area contributed by atoms with Gasteiger partial charge in [0.25, 0.3) is 0 Å². The van der Waals surface area contributed by atoms with Gasteiger partial charge in [-0.2, -0.15) is 0 Å². The summed E-state index contributed by atoms with van der Waals surface area (Å²) in [5, 5.41) is 3.20. The molecule has 0 aromatic heterocycles. The van der Waals surface area contributed by atoms with Gasteiger partial charge in [-0.05, 0) is 32.0 Å². The summed E-state index contributed by atoms with van der Waals surface area (Å²) in [5.74, 6) is 1.32. The highest BCUT2D eigenvalue weighted by molar-refractivity contribution is 7.80. The molecule has 0 heterocycles. The van der Waals surface area contributed by atoms with Crippen LogP contribution in [-0.2, 0) is 4.79 Å². The van der Waals surface area contributed by atoms with Crippen molar-refractivity contribution in [2.45, 2.75) is 19.9 Å². The Hall–Kier alpha value is -1.28. The lowest BCUT2D eigenvalue weighted by Gasteiger charge is -2.12. The smallest absolute Gasteiger partial charge is 0.314 e. The standard InChI is InChI=1S/C7H11N3OS/c1-4-6(11)9-10-7(12)8-5(2)3/h1,5H,2-3H3,(H,9,11)(H2,8,10,12). The van der Waals surface area contributed by atoms with E-state index in [1.54, 1.807) is 0 Å². The molecule has 0 bridgehead atoms. The van der Waals surface area contributed by atoms with Gasteiger partial charge in [-0.3, -0.25) is 15.6 Å². The van der Waals surface area contributed by atoms with E-state index in [0.29, 0.717) is 5.11 Å². The minimum Gasteiger partial charge on any atom is -0.359 e. The van der Waals surface area contributed by atoms with Gasteiger partial charge in [0, 0.05) is 6.04 Å².